The number of rotatable bonds is 3. The van der Waals surface area contributed by atoms with Crippen LogP contribution < -0.4 is 5.32 Å². The molecule has 0 aliphatic carbocycles. The first-order chi connectivity index (χ1) is 13.0. The van der Waals surface area contributed by atoms with E-state index in [1.807, 2.05) is 0 Å². The molecule has 0 radical (unpaired) electrons. The SMILES string of the molecule is CC(C)n1c(C2CCCN(C(=O)[C@H]3CCN[C@@H](C)C3)C2)nc2ccccc21. The van der Waals surface area contributed by atoms with Crippen LogP contribution in [0.15, 0.2) is 24.3 Å². The number of carbonyl (C=O) groups excluding carboxylic acids is 1. The van der Waals surface area contributed by atoms with Crippen LogP contribution >= 0.6 is 0 Å². The van der Waals surface area contributed by atoms with Crippen molar-refractivity contribution in [3.05, 3.63) is 30.1 Å². The minimum absolute atomic E-state index is 0.184. The molecule has 1 unspecified atom stereocenters. The van der Waals surface area contributed by atoms with E-state index in [0.29, 0.717) is 23.9 Å². The zero-order valence-electron chi connectivity index (χ0n) is 16.8. The van der Waals surface area contributed by atoms with Crippen molar-refractivity contribution >= 4 is 16.9 Å². The van der Waals surface area contributed by atoms with E-state index in [4.69, 9.17) is 4.98 Å². The van der Waals surface area contributed by atoms with Gasteiger partial charge in [0.05, 0.1) is 11.0 Å². The van der Waals surface area contributed by atoms with Crippen LogP contribution in [0.3, 0.4) is 0 Å². The summed E-state index contributed by atoms with van der Waals surface area (Å²) in [6.07, 6.45) is 4.11. The smallest absolute Gasteiger partial charge is 0.225 e. The van der Waals surface area contributed by atoms with Crippen molar-refractivity contribution in [2.24, 2.45) is 5.92 Å². The van der Waals surface area contributed by atoms with Gasteiger partial charge < -0.3 is 14.8 Å². The number of hydrogen-bond donors (Lipinski definition) is 1. The van der Waals surface area contributed by atoms with Crippen LogP contribution in [-0.2, 0) is 4.79 Å². The second kappa shape index (κ2) is 7.63. The highest BCUT2D eigenvalue weighted by atomic mass is 16.2. The maximum absolute atomic E-state index is 13.1. The van der Waals surface area contributed by atoms with Crippen LogP contribution in [0, 0.1) is 5.92 Å². The number of imidazole rings is 1. The largest absolute Gasteiger partial charge is 0.342 e. The molecule has 2 aliphatic heterocycles. The summed E-state index contributed by atoms with van der Waals surface area (Å²) in [5, 5.41) is 3.46. The molecule has 2 saturated heterocycles. The van der Waals surface area contributed by atoms with Gasteiger partial charge in [0, 0.05) is 37.0 Å². The Morgan fingerprint density at radius 1 is 1.26 bits per heavy atom. The van der Waals surface area contributed by atoms with Crippen molar-refractivity contribution < 1.29 is 4.79 Å². The number of amides is 1. The van der Waals surface area contributed by atoms with Crippen molar-refractivity contribution in [2.75, 3.05) is 19.6 Å². The molecule has 5 heteroatoms. The Morgan fingerprint density at radius 3 is 2.85 bits per heavy atom. The number of nitrogens with zero attached hydrogens (tertiary/aromatic N) is 3. The lowest BCUT2D eigenvalue weighted by molar-refractivity contribution is -0.138. The highest BCUT2D eigenvalue weighted by molar-refractivity contribution is 5.79. The van der Waals surface area contributed by atoms with Crippen molar-refractivity contribution in [1.82, 2.24) is 19.8 Å². The topological polar surface area (TPSA) is 50.2 Å². The summed E-state index contributed by atoms with van der Waals surface area (Å²) < 4.78 is 2.38. The molecular formula is C22H32N4O. The number of fused-ring (bicyclic) bond motifs is 1. The zero-order chi connectivity index (χ0) is 19.0. The van der Waals surface area contributed by atoms with Crippen LogP contribution in [0.1, 0.15) is 64.2 Å². The van der Waals surface area contributed by atoms with Crippen LogP contribution in [-0.4, -0.2) is 46.0 Å². The molecule has 1 aromatic heterocycles. The van der Waals surface area contributed by atoms with Crippen LogP contribution in [0.5, 0.6) is 0 Å². The van der Waals surface area contributed by atoms with Crippen molar-refractivity contribution in [3.63, 3.8) is 0 Å². The fourth-order valence-electron chi connectivity index (χ4n) is 4.90. The molecule has 0 spiro atoms. The number of nitrogens with one attached hydrogen (secondary N) is 1. The van der Waals surface area contributed by atoms with Gasteiger partial charge in [-0.2, -0.15) is 0 Å². The summed E-state index contributed by atoms with van der Waals surface area (Å²) in [5.41, 5.74) is 2.27. The molecule has 2 fully saturated rings. The molecule has 4 rings (SSSR count). The van der Waals surface area contributed by atoms with Crippen LogP contribution in [0.2, 0.25) is 0 Å². The molecular weight excluding hydrogens is 336 g/mol. The van der Waals surface area contributed by atoms with E-state index in [2.05, 4.69) is 59.8 Å². The van der Waals surface area contributed by atoms with Crippen molar-refractivity contribution in [2.45, 2.75) is 64.5 Å². The van der Waals surface area contributed by atoms with E-state index < -0.39 is 0 Å². The fraction of sp³-hybridized carbons (Fsp3) is 0.636. The molecule has 1 amide bonds. The van der Waals surface area contributed by atoms with E-state index in [9.17, 15) is 4.79 Å². The van der Waals surface area contributed by atoms with Crippen molar-refractivity contribution in [3.8, 4) is 0 Å². The number of aromatic nitrogens is 2. The number of benzene rings is 1. The predicted molar refractivity (Wildman–Crippen MR) is 109 cm³/mol. The zero-order valence-corrected chi connectivity index (χ0v) is 16.8. The minimum Gasteiger partial charge on any atom is -0.342 e. The first-order valence-corrected chi connectivity index (χ1v) is 10.5. The average molecular weight is 369 g/mol. The lowest BCUT2D eigenvalue weighted by Crippen LogP contribution is -2.47. The molecule has 5 nitrogen and oxygen atoms in total. The van der Waals surface area contributed by atoms with Gasteiger partial charge in [-0.25, -0.2) is 4.98 Å². The molecule has 1 aromatic carbocycles. The summed E-state index contributed by atoms with van der Waals surface area (Å²) in [4.78, 5) is 20.3. The number of hydrogen-bond acceptors (Lipinski definition) is 3. The highest BCUT2D eigenvalue weighted by Crippen LogP contribution is 2.32. The quantitative estimate of drug-likeness (QED) is 0.898. The molecule has 2 aromatic rings. The van der Waals surface area contributed by atoms with Gasteiger partial charge in [0.25, 0.3) is 0 Å². The maximum atomic E-state index is 13.1. The Morgan fingerprint density at radius 2 is 2.07 bits per heavy atom. The van der Waals surface area contributed by atoms with Gasteiger partial charge in [0.2, 0.25) is 5.91 Å². The highest BCUT2D eigenvalue weighted by Gasteiger charge is 2.33. The lowest BCUT2D eigenvalue weighted by Gasteiger charge is -2.37. The van der Waals surface area contributed by atoms with E-state index in [1.165, 1.54) is 5.52 Å². The minimum atomic E-state index is 0.184. The van der Waals surface area contributed by atoms with Gasteiger partial charge in [-0.15, -0.1) is 0 Å². The third-order valence-electron chi connectivity index (χ3n) is 6.21. The summed E-state index contributed by atoms with van der Waals surface area (Å²) in [7, 11) is 0. The summed E-state index contributed by atoms with van der Waals surface area (Å²) in [6.45, 7) is 9.30. The molecule has 146 valence electrons. The lowest BCUT2D eigenvalue weighted by atomic mass is 9.90. The van der Waals surface area contributed by atoms with Crippen molar-refractivity contribution in [1.29, 1.82) is 0 Å². The molecule has 3 heterocycles. The van der Waals surface area contributed by atoms with Crippen LogP contribution in [0.25, 0.3) is 11.0 Å². The Bertz CT molecular complexity index is 812. The monoisotopic (exact) mass is 368 g/mol. The average Bonchev–Trinajstić information content (AvgIpc) is 3.07. The van der Waals surface area contributed by atoms with Gasteiger partial charge in [0.15, 0.2) is 0 Å². The second-order valence-corrected chi connectivity index (χ2v) is 8.62. The molecule has 27 heavy (non-hydrogen) atoms. The van der Waals surface area contributed by atoms with E-state index in [0.717, 1.165) is 56.7 Å². The Labute approximate surface area is 162 Å². The summed E-state index contributed by atoms with van der Waals surface area (Å²) in [6, 6.07) is 9.20. The molecule has 0 saturated carbocycles. The van der Waals surface area contributed by atoms with E-state index in [-0.39, 0.29) is 5.92 Å². The second-order valence-electron chi connectivity index (χ2n) is 8.62. The van der Waals surface area contributed by atoms with Gasteiger partial charge in [0.1, 0.15) is 5.82 Å². The Hall–Kier alpha value is -1.88. The molecule has 0 bridgehead atoms. The molecule has 1 N–H and O–H groups in total. The number of para-hydroxylation sites is 2. The number of likely N-dealkylation sites (tertiary alicyclic amines) is 1. The number of piperidine rings is 2. The third-order valence-corrected chi connectivity index (χ3v) is 6.21. The van der Waals surface area contributed by atoms with Crippen LogP contribution in [0.4, 0.5) is 0 Å². The summed E-state index contributed by atoms with van der Waals surface area (Å²) in [5.74, 6) is 2.03. The Kier molecular flexibility index (Phi) is 5.22. The van der Waals surface area contributed by atoms with Gasteiger partial charge in [-0.1, -0.05) is 12.1 Å². The number of carbonyl (C=O) groups is 1. The Balaban J connectivity index is 1.57. The van der Waals surface area contributed by atoms with Gasteiger partial charge in [-0.05, 0) is 65.1 Å². The summed E-state index contributed by atoms with van der Waals surface area (Å²) >= 11 is 0. The van der Waals surface area contributed by atoms with Gasteiger partial charge in [-0.3, -0.25) is 4.79 Å². The third kappa shape index (κ3) is 3.62. The van der Waals surface area contributed by atoms with E-state index in [1.54, 1.807) is 0 Å². The van der Waals surface area contributed by atoms with E-state index >= 15 is 0 Å². The first-order valence-electron chi connectivity index (χ1n) is 10.5. The maximum Gasteiger partial charge on any atom is 0.225 e. The predicted octanol–water partition coefficient (Wildman–Crippen LogP) is 3.71. The molecule has 3 atom stereocenters. The first kappa shape index (κ1) is 18.5. The van der Waals surface area contributed by atoms with Gasteiger partial charge >= 0.3 is 0 Å². The molecule has 2 aliphatic rings. The normalized spacial score (nSPS) is 26.7. The fourth-order valence-corrected chi connectivity index (χ4v) is 4.90. The standard InChI is InChI=1S/C22H32N4O/c1-15(2)26-20-9-5-4-8-19(20)24-21(26)18-7-6-12-25(14-18)22(27)17-10-11-23-16(3)13-17/h4-5,8-9,15-18,23H,6-7,10-14H2,1-3H3/t16-,17-,18?/m0/s1.